The standard InChI is InChI=1S/C34H22F4N2/c35-24-5-13-28(14-6-24)39(29-15-7-25(36)8-16-29)32-21-23-3-1-2-4-33(23)34(22-32)40(30-17-9-26(37)10-18-30)31-19-11-27(38)12-20-31/h1-22H. The molecule has 0 heterocycles. The molecule has 0 aliphatic rings. The van der Waals surface area contributed by atoms with Crippen molar-refractivity contribution >= 4 is 44.9 Å². The molecule has 6 rings (SSSR count). The van der Waals surface area contributed by atoms with Crippen molar-refractivity contribution in [2.24, 2.45) is 0 Å². The summed E-state index contributed by atoms with van der Waals surface area (Å²) < 4.78 is 55.7. The van der Waals surface area contributed by atoms with Crippen LogP contribution < -0.4 is 9.80 Å². The molecule has 0 atom stereocenters. The van der Waals surface area contributed by atoms with Crippen molar-refractivity contribution in [3.8, 4) is 0 Å². The van der Waals surface area contributed by atoms with Crippen molar-refractivity contribution in [2.45, 2.75) is 0 Å². The van der Waals surface area contributed by atoms with Gasteiger partial charge in [-0.3, -0.25) is 0 Å². The number of fused-ring (bicyclic) bond motifs is 1. The maximum atomic E-state index is 13.9. The Morgan fingerprint density at radius 2 is 0.725 bits per heavy atom. The summed E-state index contributed by atoms with van der Waals surface area (Å²) in [5.41, 5.74) is 4.16. The minimum absolute atomic E-state index is 0.374. The third-order valence-electron chi connectivity index (χ3n) is 6.66. The lowest BCUT2D eigenvalue weighted by molar-refractivity contribution is 0.627. The maximum Gasteiger partial charge on any atom is 0.123 e. The molecule has 196 valence electrons. The Kier molecular flexibility index (Phi) is 6.66. The molecule has 0 unspecified atom stereocenters. The van der Waals surface area contributed by atoms with E-state index in [0.717, 1.165) is 22.1 Å². The highest BCUT2D eigenvalue weighted by atomic mass is 19.1. The van der Waals surface area contributed by atoms with Gasteiger partial charge in [-0.1, -0.05) is 24.3 Å². The Bertz CT molecular complexity index is 1680. The highest BCUT2D eigenvalue weighted by Crippen LogP contribution is 2.44. The molecule has 40 heavy (non-hydrogen) atoms. The summed E-state index contributed by atoms with van der Waals surface area (Å²) in [7, 11) is 0. The molecule has 0 amide bonds. The summed E-state index contributed by atoms with van der Waals surface area (Å²) in [6.45, 7) is 0. The summed E-state index contributed by atoms with van der Waals surface area (Å²) >= 11 is 0. The molecule has 0 radical (unpaired) electrons. The summed E-state index contributed by atoms with van der Waals surface area (Å²) in [5.74, 6) is -1.50. The molecular weight excluding hydrogens is 512 g/mol. The second-order valence-electron chi connectivity index (χ2n) is 9.26. The van der Waals surface area contributed by atoms with Crippen LogP contribution in [0.4, 0.5) is 51.7 Å². The Hall–Kier alpha value is -5.10. The normalized spacial score (nSPS) is 11.0. The minimum atomic E-state index is -0.375. The van der Waals surface area contributed by atoms with Crippen LogP contribution in [0.25, 0.3) is 10.8 Å². The fraction of sp³-hybridized carbons (Fsp3) is 0. The quantitative estimate of drug-likeness (QED) is 0.196. The van der Waals surface area contributed by atoms with E-state index in [1.54, 1.807) is 48.5 Å². The van der Waals surface area contributed by atoms with E-state index in [2.05, 4.69) is 0 Å². The zero-order chi connectivity index (χ0) is 27.6. The lowest BCUT2D eigenvalue weighted by Crippen LogP contribution is -2.14. The van der Waals surface area contributed by atoms with Gasteiger partial charge in [0.05, 0.1) is 5.69 Å². The fourth-order valence-electron chi connectivity index (χ4n) is 4.82. The van der Waals surface area contributed by atoms with Crippen LogP contribution in [0.1, 0.15) is 0 Å². The minimum Gasteiger partial charge on any atom is -0.310 e. The van der Waals surface area contributed by atoms with Gasteiger partial charge in [-0.25, -0.2) is 17.6 Å². The first kappa shape index (κ1) is 25.2. The third-order valence-corrected chi connectivity index (χ3v) is 6.66. The van der Waals surface area contributed by atoms with Gasteiger partial charge in [0.2, 0.25) is 0 Å². The molecule has 0 spiro atoms. The van der Waals surface area contributed by atoms with Crippen molar-refractivity contribution in [2.75, 3.05) is 9.80 Å². The molecule has 0 saturated heterocycles. The lowest BCUT2D eigenvalue weighted by atomic mass is 10.0. The number of hydrogen-bond acceptors (Lipinski definition) is 2. The van der Waals surface area contributed by atoms with Crippen molar-refractivity contribution in [3.05, 3.63) is 157 Å². The molecular formula is C34H22F4N2. The van der Waals surface area contributed by atoms with Gasteiger partial charge >= 0.3 is 0 Å². The Morgan fingerprint density at radius 3 is 1.15 bits per heavy atom. The summed E-state index contributed by atoms with van der Waals surface area (Å²) in [5, 5.41) is 1.80. The summed E-state index contributed by atoms with van der Waals surface area (Å²) in [6, 6.07) is 36.1. The average Bonchev–Trinajstić information content (AvgIpc) is 2.97. The third kappa shape index (κ3) is 4.99. The monoisotopic (exact) mass is 534 g/mol. The molecule has 2 nitrogen and oxygen atoms in total. The molecule has 0 aliphatic heterocycles. The molecule has 6 heteroatoms. The van der Waals surface area contributed by atoms with Crippen molar-refractivity contribution in [1.29, 1.82) is 0 Å². The summed E-state index contributed by atoms with van der Waals surface area (Å²) in [4.78, 5) is 3.83. The number of hydrogen-bond donors (Lipinski definition) is 0. The Morgan fingerprint density at radius 1 is 0.350 bits per heavy atom. The van der Waals surface area contributed by atoms with E-state index < -0.39 is 0 Å². The number of rotatable bonds is 6. The van der Waals surface area contributed by atoms with Gasteiger partial charge in [-0.2, -0.15) is 0 Å². The van der Waals surface area contributed by atoms with E-state index in [1.165, 1.54) is 48.5 Å². The van der Waals surface area contributed by atoms with E-state index in [1.807, 2.05) is 46.2 Å². The van der Waals surface area contributed by atoms with Crippen LogP contribution in [0, 0.1) is 23.3 Å². The number of halogens is 4. The van der Waals surface area contributed by atoms with Crippen LogP contribution in [0.2, 0.25) is 0 Å². The van der Waals surface area contributed by atoms with Gasteiger partial charge in [0.15, 0.2) is 0 Å². The van der Waals surface area contributed by atoms with E-state index in [-0.39, 0.29) is 23.3 Å². The SMILES string of the molecule is Fc1ccc(N(c2ccc(F)cc2)c2cc(N(c3ccc(F)cc3)c3ccc(F)cc3)c3ccccc3c2)cc1. The largest absolute Gasteiger partial charge is 0.310 e. The number of benzene rings is 6. The van der Waals surface area contributed by atoms with Gasteiger partial charge in [0.25, 0.3) is 0 Å². The molecule has 6 aromatic rings. The second-order valence-corrected chi connectivity index (χ2v) is 9.26. The van der Waals surface area contributed by atoms with E-state index in [9.17, 15) is 17.6 Å². The lowest BCUT2D eigenvalue weighted by Gasteiger charge is -2.30. The van der Waals surface area contributed by atoms with Crippen LogP contribution in [0.3, 0.4) is 0 Å². The number of anilines is 6. The predicted octanol–water partition coefficient (Wildman–Crippen LogP) is 10.3. The first-order valence-corrected chi connectivity index (χ1v) is 12.6. The Balaban J connectivity index is 1.63. The zero-order valence-corrected chi connectivity index (χ0v) is 21.1. The van der Waals surface area contributed by atoms with Gasteiger partial charge in [0, 0.05) is 33.8 Å². The van der Waals surface area contributed by atoms with E-state index in [4.69, 9.17) is 0 Å². The topological polar surface area (TPSA) is 6.48 Å². The fourth-order valence-corrected chi connectivity index (χ4v) is 4.82. The second kappa shape index (κ2) is 10.6. The van der Waals surface area contributed by atoms with Crippen molar-refractivity contribution in [3.63, 3.8) is 0 Å². The van der Waals surface area contributed by atoms with Gasteiger partial charge in [-0.15, -0.1) is 0 Å². The molecule has 0 saturated carbocycles. The zero-order valence-electron chi connectivity index (χ0n) is 21.1. The Labute approximate surface area is 229 Å². The smallest absolute Gasteiger partial charge is 0.123 e. The molecule has 0 bridgehead atoms. The molecule has 0 aromatic heterocycles. The van der Waals surface area contributed by atoms with Gasteiger partial charge in [0.1, 0.15) is 23.3 Å². The van der Waals surface area contributed by atoms with E-state index in [0.29, 0.717) is 22.7 Å². The van der Waals surface area contributed by atoms with E-state index >= 15 is 0 Å². The molecule has 0 aliphatic carbocycles. The van der Waals surface area contributed by atoms with Crippen LogP contribution in [-0.4, -0.2) is 0 Å². The van der Waals surface area contributed by atoms with Crippen LogP contribution in [-0.2, 0) is 0 Å². The molecule has 0 N–H and O–H groups in total. The first-order chi connectivity index (χ1) is 19.5. The van der Waals surface area contributed by atoms with Crippen LogP contribution in [0.15, 0.2) is 133 Å². The average molecular weight is 535 g/mol. The summed E-state index contributed by atoms with van der Waals surface area (Å²) in [6.07, 6.45) is 0. The molecule has 6 aromatic carbocycles. The molecule has 0 fully saturated rings. The number of nitrogens with zero attached hydrogens (tertiary/aromatic N) is 2. The van der Waals surface area contributed by atoms with Gasteiger partial charge in [-0.05, 0) is 115 Å². The van der Waals surface area contributed by atoms with Crippen molar-refractivity contribution < 1.29 is 17.6 Å². The van der Waals surface area contributed by atoms with Crippen LogP contribution >= 0.6 is 0 Å². The maximum absolute atomic E-state index is 13.9. The first-order valence-electron chi connectivity index (χ1n) is 12.6. The highest BCUT2D eigenvalue weighted by Gasteiger charge is 2.20. The van der Waals surface area contributed by atoms with Gasteiger partial charge < -0.3 is 9.80 Å². The highest BCUT2D eigenvalue weighted by molar-refractivity contribution is 6.02. The van der Waals surface area contributed by atoms with Crippen molar-refractivity contribution in [1.82, 2.24) is 0 Å². The predicted molar refractivity (Wildman–Crippen MR) is 153 cm³/mol. The van der Waals surface area contributed by atoms with Crippen LogP contribution in [0.5, 0.6) is 0 Å².